The van der Waals surface area contributed by atoms with Gasteiger partial charge in [-0.15, -0.1) is 0 Å². The second-order valence-electron chi connectivity index (χ2n) is 7.97. The lowest BCUT2D eigenvalue weighted by Gasteiger charge is -2.20. The minimum Gasteiger partial charge on any atom is -0.489 e. The van der Waals surface area contributed by atoms with Crippen molar-refractivity contribution in [2.24, 2.45) is 0 Å². The summed E-state index contributed by atoms with van der Waals surface area (Å²) in [4.78, 5) is 11.8. The second-order valence-corrected chi connectivity index (χ2v) is 7.97. The molecule has 2 rings (SSSR count). The van der Waals surface area contributed by atoms with Gasteiger partial charge in [-0.1, -0.05) is 56.3 Å². The van der Waals surface area contributed by atoms with Crippen LogP contribution in [0.3, 0.4) is 0 Å². The molecule has 2 aromatic carbocycles. The predicted octanol–water partition coefficient (Wildman–Crippen LogP) is 5.46. The Hall–Kier alpha value is -2.49. The third-order valence-corrected chi connectivity index (χ3v) is 4.06. The van der Waals surface area contributed by atoms with E-state index in [0.717, 1.165) is 16.9 Å². The summed E-state index contributed by atoms with van der Waals surface area (Å²) >= 11 is 0. The Balaban J connectivity index is 2.02. The van der Waals surface area contributed by atoms with Crippen molar-refractivity contribution in [2.45, 2.75) is 59.2 Å². The topological polar surface area (TPSA) is 47.6 Å². The van der Waals surface area contributed by atoms with Gasteiger partial charge >= 0.3 is 6.09 Å². The highest BCUT2D eigenvalue weighted by molar-refractivity contribution is 5.67. The Morgan fingerprint density at radius 3 is 2.41 bits per heavy atom. The van der Waals surface area contributed by atoms with Crippen LogP contribution in [0.5, 0.6) is 5.75 Å². The molecule has 0 aliphatic heterocycles. The standard InChI is InChI=1S/C23H31NO3/c1-17(2)20-12-11-19(13-14-24-22(25)27-23(3,4)5)21(15-20)26-16-18-9-7-6-8-10-18/h6-12,15,17H,13-14,16H2,1-5H3,(H,24,25). The first-order chi connectivity index (χ1) is 12.7. The minimum atomic E-state index is -0.493. The number of rotatable bonds is 7. The molecule has 0 radical (unpaired) electrons. The molecule has 0 unspecified atom stereocenters. The summed E-state index contributed by atoms with van der Waals surface area (Å²) in [5, 5.41) is 2.81. The summed E-state index contributed by atoms with van der Waals surface area (Å²) in [7, 11) is 0. The Morgan fingerprint density at radius 1 is 1.07 bits per heavy atom. The van der Waals surface area contributed by atoms with Crippen molar-refractivity contribution in [3.05, 3.63) is 65.2 Å². The monoisotopic (exact) mass is 369 g/mol. The quantitative estimate of drug-likeness (QED) is 0.705. The highest BCUT2D eigenvalue weighted by Gasteiger charge is 2.16. The van der Waals surface area contributed by atoms with Gasteiger partial charge in [0.2, 0.25) is 0 Å². The molecule has 0 fully saturated rings. The van der Waals surface area contributed by atoms with Crippen LogP contribution in [0.2, 0.25) is 0 Å². The predicted molar refractivity (Wildman–Crippen MR) is 109 cm³/mol. The highest BCUT2D eigenvalue weighted by atomic mass is 16.6. The first-order valence-electron chi connectivity index (χ1n) is 9.51. The van der Waals surface area contributed by atoms with Gasteiger partial charge in [-0.3, -0.25) is 0 Å². The Bertz CT molecular complexity index is 733. The number of ether oxygens (including phenoxy) is 2. The summed E-state index contributed by atoms with van der Waals surface area (Å²) in [6.07, 6.45) is 0.287. The number of amides is 1. The lowest BCUT2D eigenvalue weighted by molar-refractivity contribution is 0.0528. The zero-order valence-electron chi connectivity index (χ0n) is 17.0. The lowest BCUT2D eigenvalue weighted by Crippen LogP contribution is -2.33. The molecule has 0 atom stereocenters. The third kappa shape index (κ3) is 7.33. The fraction of sp³-hybridized carbons (Fsp3) is 0.435. The third-order valence-electron chi connectivity index (χ3n) is 4.06. The lowest BCUT2D eigenvalue weighted by atomic mass is 10.00. The van der Waals surface area contributed by atoms with Crippen molar-refractivity contribution in [1.29, 1.82) is 0 Å². The molecule has 0 aliphatic rings. The van der Waals surface area contributed by atoms with E-state index in [1.165, 1.54) is 5.56 Å². The minimum absolute atomic E-state index is 0.395. The maximum absolute atomic E-state index is 11.8. The largest absolute Gasteiger partial charge is 0.489 e. The van der Waals surface area contributed by atoms with Gasteiger partial charge in [0, 0.05) is 6.54 Å². The molecular formula is C23H31NO3. The fourth-order valence-corrected chi connectivity index (χ4v) is 2.62. The van der Waals surface area contributed by atoms with E-state index >= 15 is 0 Å². The van der Waals surface area contributed by atoms with Crippen molar-refractivity contribution < 1.29 is 14.3 Å². The molecule has 2 aromatic rings. The number of benzene rings is 2. The molecule has 4 heteroatoms. The van der Waals surface area contributed by atoms with Crippen LogP contribution in [0.15, 0.2) is 48.5 Å². The smallest absolute Gasteiger partial charge is 0.407 e. The second kappa shape index (κ2) is 9.45. The molecule has 0 saturated carbocycles. The van der Waals surface area contributed by atoms with Gasteiger partial charge in [-0.05, 0) is 55.9 Å². The average molecular weight is 370 g/mol. The molecule has 1 amide bonds. The van der Waals surface area contributed by atoms with Crippen LogP contribution in [0.1, 0.15) is 57.2 Å². The van der Waals surface area contributed by atoms with Crippen LogP contribution in [-0.4, -0.2) is 18.2 Å². The van der Waals surface area contributed by atoms with E-state index in [9.17, 15) is 4.79 Å². The van der Waals surface area contributed by atoms with Gasteiger partial charge in [0.1, 0.15) is 18.0 Å². The molecule has 146 valence electrons. The summed E-state index contributed by atoms with van der Waals surface area (Å²) < 4.78 is 11.4. The van der Waals surface area contributed by atoms with Crippen molar-refractivity contribution in [3.63, 3.8) is 0 Å². The zero-order valence-corrected chi connectivity index (χ0v) is 17.0. The molecule has 1 N–H and O–H groups in total. The summed E-state index contributed by atoms with van der Waals surface area (Å²) in [6, 6.07) is 16.4. The van der Waals surface area contributed by atoms with Gasteiger partial charge in [0.15, 0.2) is 0 Å². The van der Waals surface area contributed by atoms with Crippen molar-refractivity contribution in [3.8, 4) is 5.75 Å². The Labute approximate surface area is 162 Å². The fourth-order valence-electron chi connectivity index (χ4n) is 2.62. The maximum Gasteiger partial charge on any atom is 0.407 e. The molecule has 0 bridgehead atoms. The van der Waals surface area contributed by atoms with Gasteiger partial charge in [0.25, 0.3) is 0 Å². The van der Waals surface area contributed by atoms with Gasteiger partial charge in [-0.2, -0.15) is 0 Å². The molecule has 0 spiro atoms. The number of nitrogens with one attached hydrogen (secondary N) is 1. The Morgan fingerprint density at radius 2 is 1.78 bits per heavy atom. The molecule has 0 saturated heterocycles. The first-order valence-corrected chi connectivity index (χ1v) is 9.51. The van der Waals surface area contributed by atoms with E-state index < -0.39 is 11.7 Å². The van der Waals surface area contributed by atoms with Crippen LogP contribution < -0.4 is 10.1 Å². The summed E-state index contributed by atoms with van der Waals surface area (Å²) in [5.74, 6) is 1.30. The number of alkyl carbamates (subject to hydrolysis) is 1. The Kier molecular flexibility index (Phi) is 7.28. The molecular weight excluding hydrogens is 338 g/mol. The van der Waals surface area contributed by atoms with Crippen molar-refractivity contribution in [1.82, 2.24) is 5.32 Å². The average Bonchev–Trinajstić information content (AvgIpc) is 2.60. The molecule has 0 heterocycles. The molecule has 0 aliphatic carbocycles. The van der Waals surface area contributed by atoms with Crippen molar-refractivity contribution >= 4 is 6.09 Å². The number of hydrogen-bond acceptors (Lipinski definition) is 3. The van der Waals surface area contributed by atoms with E-state index in [4.69, 9.17) is 9.47 Å². The van der Waals surface area contributed by atoms with E-state index in [-0.39, 0.29) is 0 Å². The highest BCUT2D eigenvalue weighted by Crippen LogP contribution is 2.26. The van der Waals surface area contributed by atoms with Gasteiger partial charge in [-0.25, -0.2) is 4.79 Å². The molecule has 27 heavy (non-hydrogen) atoms. The van der Waals surface area contributed by atoms with Crippen molar-refractivity contribution in [2.75, 3.05) is 6.54 Å². The number of carbonyl (C=O) groups is 1. The van der Waals surface area contributed by atoms with Crippen LogP contribution in [0.25, 0.3) is 0 Å². The van der Waals surface area contributed by atoms with E-state index in [0.29, 0.717) is 25.5 Å². The van der Waals surface area contributed by atoms with Crippen LogP contribution in [-0.2, 0) is 17.8 Å². The van der Waals surface area contributed by atoms with Crippen LogP contribution in [0.4, 0.5) is 4.79 Å². The number of hydrogen-bond donors (Lipinski definition) is 1. The zero-order chi connectivity index (χ0) is 19.9. The van der Waals surface area contributed by atoms with Gasteiger partial charge in [0.05, 0.1) is 0 Å². The van der Waals surface area contributed by atoms with E-state index in [1.807, 2.05) is 39.0 Å². The van der Waals surface area contributed by atoms with E-state index in [1.54, 1.807) is 0 Å². The first kappa shape index (κ1) is 20.8. The molecule has 0 aromatic heterocycles. The van der Waals surface area contributed by atoms with Gasteiger partial charge < -0.3 is 14.8 Å². The SMILES string of the molecule is CC(C)c1ccc(CCNC(=O)OC(C)(C)C)c(OCc2ccccc2)c1. The summed E-state index contributed by atoms with van der Waals surface area (Å²) in [5.41, 5.74) is 2.95. The van der Waals surface area contributed by atoms with Crippen LogP contribution >= 0.6 is 0 Å². The number of carbonyl (C=O) groups excluding carboxylic acids is 1. The normalized spacial score (nSPS) is 11.3. The molecule has 4 nitrogen and oxygen atoms in total. The van der Waals surface area contributed by atoms with E-state index in [2.05, 4.69) is 49.5 Å². The summed E-state index contributed by atoms with van der Waals surface area (Å²) in [6.45, 7) is 10.9. The maximum atomic E-state index is 11.8. The van der Waals surface area contributed by atoms with Crippen LogP contribution in [0, 0.1) is 0 Å².